The summed E-state index contributed by atoms with van der Waals surface area (Å²) in [7, 11) is -4.11. The van der Waals surface area contributed by atoms with Crippen LogP contribution in [-0.2, 0) is 21.5 Å². The Morgan fingerprint density at radius 1 is 1.45 bits per heavy atom. The highest BCUT2D eigenvalue weighted by Gasteiger charge is 2.18. The quantitative estimate of drug-likeness (QED) is 0.690. The molecule has 0 aliphatic carbocycles. The van der Waals surface area contributed by atoms with Crippen molar-refractivity contribution in [2.24, 2.45) is 0 Å². The highest BCUT2D eigenvalue weighted by Crippen LogP contribution is 2.14. The van der Waals surface area contributed by atoms with E-state index in [-0.39, 0.29) is 30.2 Å². The summed E-state index contributed by atoms with van der Waals surface area (Å²) in [6, 6.07) is 1.20. The smallest absolute Gasteiger partial charge is 0.421 e. The molecule has 0 aromatic carbocycles. The Hall–Kier alpha value is -2.07. The predicted octanol–water partition coefficient (Wildman–Crippen LogP) is 0.367. The van der Waals surface area contributed by atoms with E-state index < -0.39 is 22.3 Å². The zero-order valence-corrected chi connectivity index (χ0v) is 11.6. The van der Waals surface area contributed by atoms with Crippen LogP contribution in [-0.4, -0.2) is 32.2 Å². The summed E-state index contributed by atoms with van der Waals surface area (Å²) >= 11 is 0. The van der Waals surface area contributed by atoms with Crippen molar-refractivity contribution in [3.05, 3.63) is 23.2 Å². The number of hydrogen-bond acceptors (Lipinski definition) is 6. The third-order valence-electron chi connectivity index (χ3n) is 2.13. The maximum absolute atomic E-state index is 11.4. The van der Waals surface area contributed by atoms with E-state index in [9.17, 15) is 18.0 Å². The van der Waals surface area contributed by atoms with E-state index in [2.05, 4.69) is 4.74 Å². The number of rotatable bonds is 6. The lowest BCUT2D eigenvalue weighted by Gasteiger charge is -2.06. The van der Waals surface area contributed by atoms with Crippen LogP contribution in [0.2, 0.25) is 0 Å². The van der Waals surface area contributed by atoms with E-state index in [1.54, 1.807) is 4.72 Å². The average molecular weight is 306 g/mol. The Morgan fingerprint density at radius 2 is 2.10 bits per heavy atom. The molecule has 0 saturated heterocycles. The first kappa shape index (κ1) is 16.0. The monoisotopic (exact) mass is 306 g/mol. The summed E-state index contributed by atoms with van der Waals surface area (Å²) in [5.74, 6) is -0.913. The number of ether oxygens (including phenoxy) is 1. The van der Waals surface area contributed by atoms with Crippen molar-refractivity contribution in [1.29, 1.82) is 0 Å². The molecule has 1 rings (SSSR count). The van der Waals surface area contributed by atoms with E-state index in [0.29, 0.717) is 0 Å². The van der Waals surface area contributed by atoms with Crippen LogP contribution in [0.3, 0.4) is 0 Å². The van der Waals surface area contributed by atoms with Crippen LogP contribution in [0.1, 0.15) is 28.8 Å². The van der Waals surface area contributed by atoms with Gasteiger partial charge in [-0.3, -0.25) is 0 Å². The SMILES string of the molecule is CCOC(=O)NS(=O)(=O)NCc1cc(C(=O)O)c(C)o1. The average Bonchev–Trinajstić information content (AvgIpc) is 2.68. The van der Waals surface area contributed by atoms with Gasteiger partial charge < -0.3 is 14.3 Å². The van der Waals surface area contributed by atoms with Crippen LogP contribution in [0.5, 0.6) is 0 Å². The summed E-state index contributed by atoms with van der Waals surface area (Å²) in [6.07, 6.45) is -1.11. The summed E-state index contributed by atoms with van der Waals surface area (Å²) in [5, 5.41) is 8.81. The summed E-state index contributed by atoms with van der Waals surface area (Å²) in [4.78, 5) is 21.7. The number of amides is 1. The van der Waals surface area contributed by atoms with Crippen molar-refractivity contribution >= 4 is 22.3 Å². The van der Waals surface area contributed by atoms with Gasteiger partial charge in [-0.2, -0.15) is 13.1 Å². The van der Waals surface area contributed by atoms with Crippen LogP contribution in [0.25, 0.3) is 0 Å². The number of carboxylic acid groups (broad SMARTS) is 1. The third kappa shape index (κ3) is 4.55. The Labute approximate surface area is 115 Å². The van der Waals surface area contributed by atoms with E-state index in [1.165, 1.54) is 19.9 Å². The molecule has 0 saturated carbocycles. The number of carbonyl (C=O) groups excluding carboxylic acids is 1. The first-order valence-electron chi connectivity index (χ1n) is 5.52. The first-order chi connectivity index (χ1) is 9.25. The van der Waals surface area contributed by atoms with Gasteiger partial charge in [0.2, 0.25) is 0 Å². The normalized spacial score (nSPS) is 11.1. The molecular weight excluding hydrogens is 292 g/mol. The second-order valence-corrected chi connectivity index (χ2v) is 5.13. The summed E-state index contributed by atoms with van der Waals surface area (Å²) < 4.78 is 36.0. The lowest BCUT2D eigenvalue weighted by molar-refractivity contribution is 0.0695. The first-order valence-corrected chi connectivity index (χ1v) is 7.00. The van der Waals surface area contributed by atoms with Crippen molar-refractivity contribution in [3.8, 4) is 0 Å². The molecule has 0 radical (unpaired) electrons. The van der Waals surface area contributed by atoms with E-state index in [1.807, 2.05) is 4.72 Å². The van der Waals surface area contributed by atoms with Crippen molar-refractivity contribution in [3.63, 3.8) is 0 Å². The predicted molar refractivity (Wildman–Crippen MR) is 66.3 cm³/mol. The fourth-order valence-electron chi connectivity index (χ4n) is 1.32. The van der Waals surface area contributed by atoms with Gasteiger partial charge in [-0.05, 0) is 19.9 Å². The Bertz CT molecular complexity index is 605. The van der Waals surface area contributed by atoms with Gasteiger partial charge in [-0.15, -0.1) is 0 Å². The van der Waals surface area contributed by atoms with Crippen molar-refractivity contribution < 1.29 is 32.3 Å². The second-order valence-electron chi connectivity index (χ2n) is 3.63. The van der Waals surface area contributed by atoms with Crippen molar-refractivity contribution in [1.82, 2.24) is 9.44 Å². The van der Waals surface area contributed by atoms with Gasteiger partial charge in [0.1, 0.15) is 17.1 Å². The number of aryl methyl sites for hydroxylation is 1. The molecule has 1 amide bonds. The van der Waals surface area contributed by atoms with Crippen molar-refractivity contribution in [2.45, 2.75) is 20.4 Å². The maximum atomic E-state index is 11.4. The molecule has 3 N–H and O–H groups in total. The van der Waals surface area contributed by atoms with E-state index >= 15 is 0 Å². The molecule has 0 unspecified atom stereocenters. The fraction of sp³-hybridized carbons (Fsp3) is 0.400. The van der Waals surface area contributed by atoms with Gasteiger partial charge in [0.15, 0.2) is 0 Å². The molecule has 1 heterocycles. The lowest BCUT2D eigenvalue weighted by atomic mass is 10.2. The molecule has 1 aromatic heterocycles. The minimum absolute atomic E-state index is 0.0285. The zero-order valence-electron chi connectivity index (χ0n) is 10.8. The highest BCUT2D eigenvalue weighted by molar-refractivity contribution is 7.88. The second kappa shape index (κ2) is 6.39. The molecule has 20 heavy (non-hydrogen) atoms. The van der Waals surface area contributed by atoms with Crippen LogP contribution in [0, 0.1) is 6.92 Å². The van der Waals surface area contributed by atoms with Gasteiger partial charge in [0, 0.05) is 0 Å². The molecule has 0 atom stereocenters. The number of aromatic carboxylic acids is 1. The van der Waals surface area contributed by atoms with Crippen LogP contribution >= 0.6 is 0 Å². The highest BCUT2D eigenvalue weighted by atomic mass is 32.2. The maximum Gasteiger partial charge on any atom is 0.421 e. The summed E-state index contributed by atoms with van der Waals surface area (Å²) in [6.45, 7) is 2.70. The molecule has 0 aliphatic rings. The molecule has 0 spiro atoms. The van der Waals surface area contributed by atoms with Crippen LogP contribution in [0.4, 0.5) is 4.79 Å². The topological polar surface area (TPSA) is 135 Å². The van der Waals surface area contributed by atoms with Crippen LogP contribution in [0.15, 0.2) is 10.5 Å². The summed E-state index contributed by atoms with van der Waals surface area (Å²) in [5.41, 5.74) is -0.0578. The molecule has 0 fully saturated rings. The lowest BCUT2D eigenvalue weighted by Crippen LogP contribution is -2.40. The van der Waals surface area contributed by atoms with Gasteiger partial charge >= 0.3 is 22.3 Å². The third-order valence-corrected chi connectivity index (χ3v) is 3.09. The molecule has 9 nitrogen and oxygen atoms in total. The Balaban J connectivity index is 2.64. The Kier molecular flexibility index (Phi) is 5.11. The van der Waals surface area contributed by atoms with E-state index in [4.69, 9.17) is 9.52 Å². The number of carbonyl (C=O) groups is 2. The number of carboxylic acids is 1. The molecular formula is C10H14N2O7S. The minimum atomic E-state index is -4.11. The largest absolute Gasteiger partial charge is 0.478 e. The molecule has 0 aliphatic heterocycles. The molecule has 0 bridgehead atoms. The van der Waals surface area contributed by atoms with Gasteiger partial charge in [0.25, 0.3) is 0 Å². The molecule has 112 valence electrons. The minimum Gasteiger partial charge on any atom is -0.478 e. The van der Waals surface area contributed by atoms with Gasteiger partial charge in [-0.1, -0.05) is 0 Å². The van der Waals surface area contributed by atoms with Gasteiger partial charge in [-0.25, -0.2) is 14.3 Å². The molecule has 1 aromatic rings. The number of furan rings is 1. The number of nitrogens with one attached hydrogen (secondary N) is 2. The van der Waals surface area contributed by atoms with Crippen molar-refractivity contribution in [2.75, 3.05) is 6.61 Å². The van der Waals surface area contributed by atoms with E-state index in [0.717, 1.165) is 0 Å². The molecule has 10 heteroatoms. The standard InChI is InChI=1S/C10H14N2O7S/c1-3-18-10(15)12-20(16,17)11-5-7-4-8(9(13)14)6(2)19-7/h4,11H,3,5H2,1-2H3,(H,12,15)(H,13,14). The fourth-order valence-corrected chi connectivity index (χ4v) is 2.00. The van der Waals surface area contributed by atoms with Gasteiger partial charge in [0.05, 0.1) is 13.2 Å². The van der Waals surface area contributed by atoms with Crippen LogP contribution < -0.4 is 9.44 Å². The Morgan fingerprint density at radius 3 is 2.60 bits per heavy atom. The zero-order chi connectivity index (χ0) is 15.3. The number of hydrogen-bond donors (Lipinski definition) is 3.